The summed E-state index contributed by atoms with van der Waals surface area (Å²) in [6.07, 6.45) is 1.07. The van der Waals surface area contributed by atoms with Crippen LogP contribution in [0.3, 0.4) is 0 Å². The van der Waals surface area contributed by atoms with Crippen LogP contribution in [-0.4, -0.2) is 28.8 Å². The number of amides is 2. The number of pyridine rings is 1. The maximum Gasteiger partial charge on any atom is 0.288 e. The van der Waals surface area contributed by atoms with Crippen molar-refractivity contribution in [3.63, 3.8) is 0 Å². The molecule has 9 heteroatoms. The first-order valence-corrected chi connectivity index (χ1v) is 7.15. The molecule has 2 N–H and O–H groups in total. The number of rotatable bonds is 4. The van der Waals surface area contributed by atoms with Gasteiger partial charge in [0, 0.05) is 18.1 Å². The Bertz CT molecular complexity index is 838. The second-order valence-corrected chi connectivity index (χ2v) is 5.24. The van der Waals surface area contributed by atoms with Crippen molar-refractivity contribution >= 4 is 34.8 Å². The Morgan fingerprint density at radius 3 is 2.54 bits per heavy atom. The zero-order valence-electron chi connectivity index (χ0n) is 12.8. The van der Waals surface area contributed by atoms with Crippen molar-refractivity contribution in [1.82, 2.24) is 10.3 Å². The summed E-state index contributed by atoms with van der Waals surface area (Å²) in [4.78, 5) is 38.4. The summed E-state index contributed by atoms with van der Waals surface area (Å²) in [7, 11) is 1.45. The molecule has 24 heavy (non-hydrogen) atoms. The molecule has 0 unspecified atom stereocenters. The predicted octanol–water partition coefficient (Wildman–Crippen LogP) is 2.56. The standard InChI is InChI=1S/C15H13ClN4O4/c1-8-11(6-10(7-18-8)20(23)24)15(22)19-13-4-3-9(16)5-12(13)14(21)17-2/h3-7H,1-2H3,(H,17,21)(H,19,22). The third-order valence-corrected chi connectivity index (χ3v) is 3.46. The average molecular weight is 349 g/mol. The van der Waals surface area contributed by atoms with Crippen LogP contribution in [0.25, 0.3) is 0 Å². The zero-order valence-corrected chi connectivity index (χ0v) is 13.5. The van der Waals surface area contributed by atoms with Crippen LogP contribution >= 0.6 is 11.6 Å². The number of anilines is 1. The van der Waals surface area contributed by atoms with E-state index in [1.54, 1.807) is 6.92 Å². The second-order valence-electron chi connectivity index (χ2n) is 4.81. The molecule has 0 bridgehead atoms. The molecule has 0 aliphatic carbocycles. The Hall–Kier alpha value is -3.00. The maximum absolute atomic E-state index is 12.4. The third-order valence-electron chi connectivity index (χ3n) is 3.23. The van der Waals surface area contributed by atoms with Gasteiger partial charge in [-0.3, -0.25) is 24.7 Å². The van der Waals surface area contributed by atoms with Crippen molar-refractivity contribution in [2.45, 2.75) is 6.92 Å². The first kappa shape index (κ1) is 17.4. The largest absolute Gasteiger partial charge is 0.355 e. The number of halogens is 1. The number of nitrogens with zero attached hydrogens (tertiary/aromatic N) is 2. The van der Waals surface area contributed by atoms with Crippen LogP contribution in [0.2, 0.25) is 5.02 Å². The van der Waals surface area contributed by atoms with Gasteiger partial charge >= 0.3 is 0 Å². The molecule has 0 saturated heterocycles. The average Bonchev–Trinajstić information content (AvgIpc) is 2.55. The monoisotopic (exact) mass is 348 g/mol. The van der Waals surface area contributed by atoms with Gasteiger partial charge in [-0.05, 0) is 25.1 Å². The van der Waals surface area contributed by atoms with E-state index in [-0.39, 0.29) is 22.5 Å². The molecule has 0 radical (unpaired) electrons. The van der Waals surface area contributed by atoms with E-state index in [0.717, 1.165) is 12.3 Å². The van der Waals surface area contributed by atoms with Crippen LogP contribution in [-0.2, 0) is 0 Å². The molecule has 0 atom stereocenters. The van der Waals surface area contributed by atoms with E-state index >= 15 is 0 Å². The first-order chi connectivity index (χ1) is 11.3. The van der Waals surface area contributed by atoms with Crippen LogP contribution in [0.4, 0.5) is 11.4 Å². The molecule has 2 rings (SSSR count). The number of nitrogens with one attached hydrogen (secondary N) is 2. The highest BCUT2D eigenvalue weighted by molar-refractivity contribution is 6.31. The highest BCUT2D eigenvalue weighted by Crippen LogP contribution is 2.22. The fourth-order valence-electron chi connectivity index (χ4n) is 1.99. The van der Waals surface area contributed by atoms with E-state index in [1.165, 1.54) is 25.2 Å². The number of hydrogen-bond acceptors (Lipinski definition) is 5. The van der Waals surface area contributed by atoms with Gasteiger partial charge in [-0.1, -0.05) is 11.6 Å². The first-order valence-electron chi connectivity index (χ1n) is 6.77. The van der Waals surface area contributed by atoms with Crippen LogP contribution in [0, 0.1) is 17.0 Å². The number of carbonyl (C=O) groups excluding carboxylic acids is 2. The third kappa shape index (κ3) is 3.66. The molecule has 2 amide bonds. The van der Waals surface area contributed by atoms with Gasteiger partial charge in [0.15, 0.2) is 0 Å². The summed E-state index contributed by atoms with van der Waals surface area (Å²) in [5, 5.41) is 16.2. The molecule has 0 fully saturated rings. The van der Waals surface area contributed by atoms with Crippen molar-refractivity contribution in [1.29, 1.82) is 0 Å². The quantitative estimate of drug-likeness (QED) is 0.651. The van der Waals surface area contributed by atoms with Crippen molar-refractivity contribution in [3.05, 3.63) is 62.4 Å². The molecule has 2 aromatic rings. The van der Waals surface area contributed by atoms with E-state index in [2.05, 4.69) is 15.6 Å². The minimum atomic E-state index is -0.637. The van der Waals surface area contributed by atoms with Gasteiger partial charge in [0.25, 0.3) is 17.5 Å². The summed E-state index contributed by atoms with van der Waals surface area (Å²) >= 11 is 5.87. The van der Waals surface area contributed by atoms with Gasteiger partial charge in [0.2, 0.25) is 0 Å². The molecule has 124 valence electrons. The molecule has 8 nitrogen and oxygen atoms in total. The van der Waals surface area contributed by atoms with Gasteiger partial charge in [0.1, 0.15) is 6.20 Å². The molecule has 0 aliphatic heterocycles. The molecular weight excluding hydrogens is 336 g/mol. The van der Waals surface area contributed by atoms with E-state index in [0.29, 0.717) is 10.7 Å². The Kier molecular flexibility index (Phi) is 5.10. The SMILES string of the molecule is CNC(=O)c1cc(Cl)ccc1NC(=O)c1cc([N+](=O)[O-])cnc1C. The molecule has 0 aliphatic rings. The van der Waals surface area contributed by atoms with Gasteiger partial charge in [-0.15, -0.1) is 0 Å². The molecular formula is C15H13ClN4O4. The Balaban J connectivity index is 2.39. The topological polar surface area (TPSA) is 114 Å². The van der Waals surface area contributed by atoms with Crippen LogP contribution in [0.5, 0.6) is 0 Å². The van der Waals surface area contributed by atoms with Crippen LogP contribution in [0.1, 0.15) is 26.4 Å². The lowest BCUT2D eigenvalue weighted by Crippen LogP contribution is -2.22. The summed E-state index contributed by atoms with van der Waals surface area (Å²) in [5.41, 5.74) is 0.480. The van der Waals surface area contributed by atoms with Gasteiger partial charge in [-0.2, -0.15) is 0 Å². The highest BCUT2D eigenvalue weighted by Gasteiger charge is 2.18. The fourth-order valence-corrected chi connectivity index (χ4v) is 2.16. The lowest BCUT2D eigenvalue weighted by molar-refractivity contribution is -0.385. The fraction of sp³-hybridized carbons (Fsp3) is 0.133. The number of aromatic nitrogens is 1. The highest BCUT2D eigenvalue weighted by atomic mass is 35.5. The van der Waals surface area contributed by atoms with E-state index in [4.69, 9.17) is 11.6 Å². The lowest BCUT2D eigenvalue weighted by Gasteiger charge is -2.11. The zero-order chi connectivity index (χ0) is 17.9. The van der Waals surface area contributed by atoms with Gasteiger partial charge in [0.05, 0.1) is 27.4 Å². The lowest BCUT2D eigenvalue weighted by atomic mass is 10.1. The molecule has 0 saturated carbocycles. The minimum Gasteiger partial charge on any atom is -0.355 e. The smallest absolute Gasteiger partial charge is 0.288 e. The van der Waals surface area contributed by atoms with E-state index in [9.17, 15) is 19.7 Å². The molecule has 0 spiro atoms. The molecule has 1 aromatic carbocycles. The van der Waals surface area contributed by atoms with Gasteiger partial charge in [-0.25, -0.2) is 0 Å². The van der Waals surface area contributed by atoms with Crippen molar-refractivity contribution in [2.24, 2.45) is 0 Å². The normalized spacial score (nSPS) is 10.1. The summed E-state index contributed by atoms with van der Waals surface area (Å²) in [6.45, 7) is 1.56. The van der Waals surface area contributed by atoms with Crippen molar-refractivity contribution in [3.8, 4) is 0 Å². The number of hydrogen-bond donors (Lipinski definition) is 2. The minimum absolute atomic E-state index is 0.0435. The van der Waals surface area contributed by atoms with E-state index in [1.807, 2.05) is 0 Å². The number of nitro groups is 1. The summed E-state index contributed by atoms with van der Waals surface area (Å²) in [5.74, 6) is -1.04. The van der Waals surface area contributed by atoms with Crippen LogP contribution < -0.4 is 10.6 Å². The Morgan fingerprint density at radius 2 is 1.92 bits per heavy atom. The van der Waals surface area contributed by atoms with E-state index < -0.39 is 16.7 Å². The van der Waals surface area contributed by atoms with Crippen molar-refractivity contribution in [2.75, 3.05) is 12.4 Å². The number of carbonyl (C=O) groups is 2. The number of aryl methyl sites for hydroxylation is 1. The van der Waals surface area contributed by atoms with Gasteiger partial charge < -0.3 is 10.6 Å². The Labute approximate surface area is 142 Å². The second kappa shape index (κ2) is 7.05. The maximum atomic E-state index is 12.4. The number of benzene rings is 1. The van der Waals surface area contributed by atoms with Crippen LogP contribution in [0.15, 0.2) is 30.5 Å². The summed E-state index contributed by atoms with van der Waals surface area (Å²) < 4.78 is 0. The summed E-state index contributed by atoms with van der Waals surface area (Å²) in [6, 6.07) is 5.54. The Morgan fingerprint density at radius 1 is 1.21 bits per heavy atom. The molecule has 1 heterocycles. The molecule has 1 aromatic heterocycles. The van der Waals surface area contributed by atoms with Crippen molar-refractivity contribution < 1.29 is 14.5 Å². The predicted molar refractivity (Wildman–Crippen MR) is 88.4 cm³/mol.